The molecule has 1 heterocycles. The van der Waals surface area contributed by atoms with E-state index in [1.165, 1.54) is 18.2 Å². The normalized spacial score (nSPS) is 28.1. The lowest BCUT2D eigenvalue weighted by atomic mass is 9.55. The molecule has 2 aliphatic rings. The van der Waals surface area contributed by atoms with Crippen LogP contribution in [0.5, 0.6) is 0 Å². The maximum Gasteiger partial charge on any atom is 0.416 e. The number of nitrogens with zero attached hydrogens (tertiary/aromatic N) is 3. The lowest BCUT2D eigenvalue weighted by Crippen LogP contribution is -3.08. The van der Waals surface area contributed by atoms with E-state index in [9.17, 15) is 29.0 Å². The number of hydrogen-bond donors (Lipinski definition) is 2. The summed E-state index contributed by atoms with van der Waals surface area (Å²) in [5.41, 5.74) is 1.83. The summed E-state index contributed by atoms with van der Waals surface area (Å²) in [7, 11) is 0. The van der Waals surface area contributed by atoms with Crippen LogP contribution < -0.4 is 10.6 Å². The van der Waals surface area contributed by atoms with Crippen LogP contribution in [0.3, 0.4) is 0 Å². The summed E-state index contributed by atoms with van der Waals surface area (Å²) in [6.07, 6.45) is -1.02. The van der Waals surface area contributed by atoms with Crippen molar-refractivity contribution in [1.82, 2.24) is 0 Å². The average Bonchev–Trinajstić information content (AvgIpc) is 2.72. The van der Waals surface area contributed by atoms with Gasteiger partial charge in [-0.3, -0.25) is 0 Å². The van der Waals surface area contributed by atoms with Gasteiger partial charge in [-0.1, -0.05) is 18.2 Å². The van der Waals surface area contributed by atoms with E-state index in [0.29, 0.717) is 18.7 Å². The Hall–Kier alpha value is -3.12. The Labute approximate surface area is 166 Å². The van der Waals surface area contributed by atoms with Crippen molar-refractivity contribution in [2.45, 2.75) is 25.1 Å². The molecule has 1 unspecified atom stereocenters. The van der Waals surface area contributed by atoms with Crippen molar-refractivity contribution >= 4 is 0 Å². The van der Waals surface area contributed by atoms with Gasteiger partial charge in [0, 0.05) is 11.8 Å². The number of nitrogens with one attached hydrogen (secondary N) is 1. The van der Waals surface area contributed by atoms with Gasteiger partial charge in [-0.2, -0.15) is 29.0 Å². The molecule has 0 spiro atoms. The van der Waals surface area contributed by atoms with Crippen LogP contribution in [-0.4, -0.2) is 19.1 Å². The van der Waals surface area contributed by atoms with Gasteiger partial charge in [0.15, 0.2) is 6.04 Å². The molecular weight excluding hydrogens is 379 g/mol. The lowest BCUT2D eigenvalue weighted by Gasteiger charge is -2.44. The second-order valence-electron chi connectivity index (χ2n) is 7.34. The van der Waals surface area contributed by atoms with Crippen molar-refractivity contribution in [3.63, 3.8) is 0 Å². The quantitative estimate of drug-likeness (QED) is 0.784. The molecule has 0 saturated carbocycles. The zero-order valence-electron chi connectivity index (χ0n) is 15.8. The third-order valence-corrected chi connectivity index (χ3v) is 6.03. The third kappa shape index (κ3) is 3.09. The van der Waals surface area contributed by atoms with Gasteiger partial charge >= 0.3 is 6.18 Å². The Balaban J connectivity index is 2.37. The van der Waals surface area contributed by atoms with Crippen LogP contribution in [0.25, 0.3) is 0 Å². The molecule has 8 heteroatoms. The Bertz CT molecular complexity index is 989. The zero-order valence-corrected chi connectivity index (χ0v) is 15.8. The van der Waals surface area contributed by atoms with E-state index in [1.807, 2.05) is 25.3 Å². The molecule has 1 aliphatic heterocycles. The van der Waals surface area contributed by atoms with E-state index in [0.717, 1.165) is 11.0 Å². The van der Waals surface area contributed by atoms with Crippen LogP contribution in [-0.2, 0) is 6.18 Å². The molecule has 0 radical (unpaired) electrons. The lowest BCUT2D eigenvalue weighted by molar-refractivity contribution is -0.850. The number of quaternary nitrogens is 2. The number of benzene rings is 1. The van der Waals surface area contributed by atoms with Crippen molar-refractivity contribution in [3.05, 3.63) is 58.8 Å². The Morgan fingerprint density at radius 3 is 2.41 bits per heavy atom. The highest BCUT2D eigenvalue weighted by atomic mass is 19.4. The molecule has 148 valence electrons. The van der Waals surface area contributed by atoms with Gasteiger partial charge in [-0.05, 0) is 30.2 Å². The molecule has 5 nitrogen and oxygen atoms in total. The van der Waals surface area contributed by atoms with Gasteiger partial charge in [0.2, 0.25) is 5.41 Å². The van der Waals surface area contributed by atoms with Crippen LogP contribution in [0.15, 0.2) is 47.7 Å². The predicted octanol–water partition coefficient (Wildman–Crippen LogP) is 1.32. The first kappa shape index (κ1) is 20.6. The number of rotatable bonds is 2. The summed E-state index contributed by atoms with van der Waals surface area (Å²) in [5.74, 6) is -1.64. The molecule has 0 amide bonds. The molecule has 1 aromatic carbocycles. The molecule has 1 aliphatic carbocycles. The van der Waals surface area contributed by atoms with Crippen molar-refractivity contribution in [3.8, 4) is 18.2 Å². The molecular formula is C21H20F3N5+2. The largest absolute Gasteiger partial charge is 0.416 e. The molecule has 1 aromatic rings. The summed E-state index contributed by atoms with van der Waals surface area (Å²) >= 11 is 0. The Kier molecular flexibility index (Phi) is 5.24. The van der Waals surface area contributed by atoms with Gasteiger partial charge in [0.05, 0.1) is 42.6 Å². The summed E-state index contributed by atoms with van der Waals surface area (Å²) in [6, 6.07) is 10.0. The van der Waals surface area contributed by atoms with Crippen molar-refractivity contribution < 1.29 is 23.8 Å². The van der Waals surface area contributed by atoms with Crippen LogP contribution in [0, 0.1) is 45.3 Å². The Morgan fingerprint density at radius 1 is 1.21 bits per heavy atom. The molecule has 4 atom stereocenters. The fourth-order valence-electron chi connectivity index (χ4n) is 4.55. The molecule has 0 saturated heterocycles. The van der Waals surface area contributed by atoms with E-state index < -0.39 is 35.0 Å². The van der Waals surface area contributed by atoms with E-state index in [4.69, 9.17) is 0 Å². The molecule has 0 fully saturated rings. The molecule has 3 rings (SSSR count). The standard InChI is InChI=1S/C21H18F3N5/c1-2-29-8-7-13-15(9-25)19(28)20(11-26,12-27)18(16(13)10-29)14-5-3-4-6-17(14)21(22,23)24/h3-8,16,18-19H,2,10,28H2,1H3/p+2/t16-,18+,19-/m1/s1. The first-order valence-electron chi connectivity index (χ1n) is 9.23. The fraction of sp³-hybridized carbons (Fsp3) is 0.381. The minimum absolute atomic E-state index is 0.0954. The SMILES string of the molecule is CC[NH+]1C=CC2=C(C#N)[C@@H]([NH3+])C(C#N)(C#N)[C@@H](c3ccccc3C(F)(F)F)[C@@H]2C1. The summed E-state index contributed by atoms with van der Waals surface area (Å²) in [4.78, 5) is 0.998. The van der Waals surface area contributed by atoms with Gasteiger partial charge in [0.1, 0.15) is 6.07 Å². The number of nitriles is 3. The first-order valence-corrected chi connectivity index (χ1v) is 9.23. The topological polar surface area (TPSA) is 103 Å². The molecule has 0 bridgehead atoms. The van der Waals surface area contributed by atoms with Gasteiger partial charge in [0.25, 0.3) is 0 Å². The Morgan fingerprint density at radius 2 is 1.86 bits per heavy atom. The number of fused-ring (bicyclic) bond motifs is 1. The predicted molar refractivity (Wildman–Crippen MR) is 96.2 cm³/mol. The third-order valence-electron chi connectivity index (χ3n) is 6.03. The maximum absolute atomic E-state index is 13.8. The second-order valence-corrected chi connectivity index (χ2v) is 7.34. The average molecular weight is 399 g/mol. The van der Waals surface area contributed by atoms with Gasteiger partial charge in [-0.25, -0.2) is 0 Å². The highest BCUT2D eigenvalue weighted by molar-refractivity contribution is 5.53. The minimum atomic E-state index is -4.63. The minimum Gasteiger partial charge on any atom is -0.348 e. The first-order chi connectivity index (χ1) is 13.7. The van der Waals surface area contributed by atoms with Crippen molar-refractivity contribution in [2.24, 2.45) is 11.3 Å². The molecule has 0 aromatic heterocycles. The van der Waals surface area contributed by atoms with Crippen LogP contribution >= 0.6 is 0 Å². The van der Waals surface area contributed by atoms with E-state index in [-0.39, 0.29) is 11.1 Å². The van der Waals surface area contributed by atoms with E-state index >= 15 is 0 Å². The summed E-state index contributed by atoms with van der Waals surface area (Å²) in [5, 5.41) is 29.7. The van der Waals surface area contributed by atoms with Crippen molar-refractivity contribution in [2.75, 3.05) is 13.1 Å². The number of hydrogen-bond acceptors (Lipinski definition) is 3. The van der Waals surface area contributed by atoms with Crippen LogP contribution in [0.1, 0.15) is 24.0 Å². The number of alkyl halides is 3. The van der Waals surface area contributed by atoms with E-state index in [2.05, 4.69) is 11.8 Å². The molecule has 4 N–H and O–H groups in total. The smallest absolute Gasteiger partial charge is 0.348 e. The highest BCUT2D eigenvalue weighted by Crippen LogP contribution is 2.53. The maximum atomic E-state index is 13.8. The summed E-state index contributed by atoms with van der Waals surface area (Å²) < 4.78 is 41.4. The van der Waals surface area contributed by atoms with E-state index in [1.54, 1.807) is 6.08 Å². The van der Waals surface area contributed by atoms with Crippen LogP contribution in [0.4, 0.5) is 13.2 Å². The van der Waals surface area contributed by atoms with Gasteiger partial charge in [-0.15, -0.1) is 0 Å². The molecule has 29 heavy (non-hydrogen) atoms. The monoisotopic (exact) mass is 399 g/mol. The van der Waals surface area contributed by atoms with Crippen LogP contribution in [0.2, 0.25) is 0 Å². The highest BCUT2D eigenvalue weighted by Gasteiger charge is 2.60. The zero-order chi connectivity index (χ0) is 21.4. The summed E-state index contributed by atoms with van der Waals surface area (Å²) in [6.45, 7) is 3.02. The number of allylic oxidation sites excluding steroid dienone is 1. The fourth-order valence-corrected chi connectivity index (χ4v) is 4.55. The van der Waals surface area contributed by atoms with Crippen molar-refractivity contribution in [1.29, 1.82) is 15.8 Å². The second kappa shape index (κ2) is 7.37. The van der Waals surface area contributed by atoms with Gasteiger partial charge < -0.3 is 10.6 Å². The number of halogens is 3.